The van der Waals surface area contributed by atoms with Gasteiger partial charge < -0.3 is 4.74 Å². The van der Waals surface area contributed by atoms with Crippen LogP contribution < -0.4 is 0 Å². The first-order valence-corrected chi connectivity index (χ1v) is 6.44. The summed E-state index contributed by atoms with van der Waals surface area (Å²) < 4.78 is 6.44. The molecule has 1 fully saturated rings. The quantitative estimate of drug-likeness (QED) is 0.604. The molecule has 0 unspecified atom stereocenters. The van der Waals surface area contributed by atoms with Crippen molar-refractivity contribution < 1.29 is 4.74 Å². The highest BCUT2D eigenvalue weighted by Crippen LogP contribution is 2.51. The minimum Gasteiger partial charge on any atom is -0.360 e. The SMILES string of the molecule is C=C[C@]1(C)CC[C@@]2(O1)C(C)=CC[C@H](C)[C@H]2C. The minimum absolute atomic E-state index is 0.0133. The Kier molecular flexibility index (Phi) is 2.78. The fourth-order valence-corrected chi connectivity index (χ4v) is 3.25. The lowest BCUT2D eigenvalue weighted by molar-refractivity contribution is -0.0924. The fraction of sp³-hybridized carbons (Fsp3) is 0.733. The van der Waals surface area contributed by atoms with Gasteiger partial charge in [-0.15, -0.1) is 6.58 Å². The van der Waals surface area contributed by atoms with Gasteiger partial charge in [-0.25, -0.2) is 0 Å². The second kappa shape index (κ2) is 3.73. The number of ether oxygens (including phenoxy) is 1. The van der Waals surface area contributed by atoms with Gasteiger partial charge in [0, 0.05) is 0 Å². The molecule has 0 amide bonds. The molecule has 1 heterocycles. The van der Waals surface area contributed by atoms with Crippen molar-refractivity contribution in [2.75, 3.05) is 0 Å². The summed E-state index contributed by atoms with van der Waals surface area (Å²) in [4.78, 5) is 0. The summed E-state index contributed by atoms with van der Waals surface area (Å²) in [6.45, 7) is 13.0. The van der Waals surface area contributed by atoms with Crippen molar-refractivity contribution in [2.45, 2.75) is 58.2 Å². The number of rotatable bonds is 1. The molecule has 1 spiro atoms. The van der Waals surface area contributed by atoms with E-state index in [0.717, 1.165) is 18.8 Å². The maximum atomic E-state index is 6.44. The molecule has 1 nitrogen and oxygen atoms in total. The summed E-state index contributed by atoms with van der Waals surface area (Å²) in [6.07, 6.45) is 7.78. The first kappa shape index (κ1) is 11.9. The van der Waals surface area contributed by atoms with E-state index >= 15 is 0 Å². The van der Waals surface area contributed by atoms with Crippen LogP contribution in [0.4, 0.5) is 0 Å². The summed E-state index contributed by atoms with van der Waals surface area (Å²) >= 11 is 0. The molecule has 16 heavy (non-hydrogen) atoms. The molecule has 0 bridgehead atoms. The summed E-state index contributed by atoms with van der Waals surface area (Å²) in [5.41, 5.74) is 1.30. The van der Waals surface area contributed by atoms with E-state index in [9.17, 15) is 0 Å². The lowest BCUT2D eigenvalue weighted by Gasteiger charge is -2.44. The average Bonchev–Trinajstić information content (AvgIpc) is 2.63. The second-order valence-corrected chi connectivity index (χ2v) is 5.90. The van der Waals surface area contributed by atoms with Crippen LogP contribution in [0.15, 0.2) is 24.3 Å². The Balaban J connectivity index is 2.34. The van der Waals surface area contributed by atoms with Gasteiger partial charge in [0.1, 0.15) is 0 Å². The van der Waals surface area contributed by atoms with Crippen LogP contribution in [0.5, 0.6) is 0 Å². The smallest absolute Gasteiger partial charge is 0.0929 e. The van der Waals surface area contributed by atoms with Gasteiger partial charge in [0.2, 0.25) is 0 Å². The van der Waals surface area contributed by atoms with Crippen molar-refractivity contribution in [1.82, 2.24) is 0 Å². The Morgan fingerprint density at radius 2 is 2.12 bits per heavy atom. The van der Waals surface area contributed by atoms with E-state index < -0.39 is 0 Å². The molecule has 2 rings (SSSR count). The normalized spacial score (nSPS) is 48.1. The Labute approximate surface area is 99.6 Å². The third-order valence-corrected chi connectivity index (χ3v) is 4.89. The standard InChI is InChI=1S/C15H24O/c1-6-14(5)9-10-15(16-14)12(3)8-7-11(2)13(15)4/h6,8,11,13H,1,7,9-10H2,2-5H3/t11-,13+,14+,15+/m0/s1. The van der Waals surface area contributed by atoms with Gasteiger partial charge >= 0.3 is 0 Å². The summed E-state index contributed by atoms with van der Waals surface area (Å²) in [5, 5.41) is 0. The molecule has 0 N–H and O–H groups in total. The zero-order valence-electron chi connectivity index (χ0n) is 11.0. The monoisotopic (exact) mass is 220 g/mol. The third-order valence-electron chi connectivity index (χ3n) is 4.89. The van der Waals surface area contributed by atoms with Crippen LogP contribution in [-0.4, -0.2) is 11.2 Å². The van der Waals surface area contributed by atoms with E-state index in [0.29, 0.717) is 5.92 Å². The van der Waals surface area contributed by atoms with Gasteiger partial charge in [0.15, 0.2) is 0 Å². The van der Waals surface area contributed by atoms with Crippen molar-refractivity contribution in [2.24, 2.45) is 11.8 Å². The molecule has 0 radical (unpaired) electrons. The van der Waals surface area contributed by atoms with E-state index in [1.165, 1.54) is 12.0 Å². The Morgan fingerprint density at radius 3 is 2.69 bits per heavy atom. The van der Waals surface area contributed by atoms with Gasteiger partial charge in [-0.3, -0.25) is 0 Å². The predicted octanol–water partition coefficient (Wildman–Crippen LogP) is 4.10. The van der Waals surface area contributed by atoms with Crippen LogP contribution >= 0.6 is 0 Å². The molecule has 90 valence electrons. The Bertz CT molecular complexity index is 330. The molecule has 1 heteroatoms. The van der Waals surface area contributed by atoms with Crippen molar-refractivity contribution in [3.8, 4) is 0 Å². The van der Waals surface area contributed by atoms with Crippen molar-refractivity contribution in [1.29, 1.82) is 0 Å². The zero-order valence-corrected chi connectivity index (χ0v) is 11.0. The zero-order chi connectivity index (χ0) is 12.0. The molecular weight excluding hydrogens is 196 g/mol. The summed E-state index contributed by atoms with van der Waals surface area (Å²) in [6, 6.07) is 0. The van der Waals surface area contributed by atoms with Crippen LogP contribution in [0.25, 0.3) is 0 Å². The molecule has 1 aliphatic carbocycles. The predicted molar refractivity (Wildman–Crippen MR) is 68.4 cm³/mol. The van der Waals surface area contributed by atoms with Crippen molar-refractivity contribution >= 4 is 0 Å². The van der Waals surface area contributed by atoms with Gasteiger partial charge in [-0.2, -0.15) is 0 Å². The minimum atomic E-state index is -0.125. The summed E-state index contributed by atoms with van der Waals surface area (Å²) in [5.74, 6) is 1.33. The molecular formula is C15H24O. The lowest BCUT2D eigenvalue weighted by Crippen LogP contribution is -2.44. The number of allylic oxidation sites excluding steroid dienone is 1. The van der Waals surface area contributed by atoms with Gasteiger partial charge in [0.05, 0.1) is 11.2 Å². The van der Waals surface area contributed by atoms with E-state index in [2.05, 4.69) is 40.3 Å². The highest BCUT2D eigenvalue weighted by Gasteiger charge is 2.51. The van der Waals surface area contributed by atoms with E-state index in [-0.39, 0.29) is 11.2 Å². The molecule has 0 aromatic carbocycles. The van der Waals surface area contributed by atoms with Gasteiger partial charge in [-0.05, 0) is 50.5 Å². The van der Waals surface area contributed by atoms with E-state index in [4.69, 9.17) is 4.74 Å². The van der Waals surface area contributed by atoms with Crippen molar-refractivity contribution in [3.63, 3.8) is 0 Å². The fourth-order valence-electron chi connectivity index (χ4n) is 3.25. The molecule has 4 atom stereocenters. The molecule has 1 saturated heterocycles. The average molecular weight is 220 g/mol. The molecule has 0 aromatic heterocycles. The highest BCUT2D eigenvalue weighted by molar-refractivity contribution is 5.25. The Morgan fingerprint density at radius 1 is 1.44 bits per heavy atom. The maximum absolute atomic E-state index is 6.44. The molecule has 0 aromatic rings. The van der Waals surface area contributed by atoms with Crippen LogP contribution in [0.3, 0.4) is 0 Å². The first-order chi connectivity index (χ1) is 7.43. The van der Waals surface area contributed by atoms with Crippen LogP contribution in [0, 0.1) is 11.8 Å². The van der Waals surface area contributed by atoms with E-state index in [1.807, 2.05) is 6.08 Å². The Hall–Kier alpha value is -0.560. The van der Waals surface area contributed by atoms with Crippen LogP contribution in [0.2, 0.25) is 0 Å². The highest BCUT2D eigenvalue weighted by atomic mass is 16.5. The van der Waals surface area contributed by atoms with E-state index in [1.54, 1.807) is 0 Å². The molecule has 2 aliphatic rings. The van der Waals surface area contributed by atoms with Crippen molar-refractivity contribution in [3.05, 3.63) is 24.3 Å². The molecule has 0 saturated carbocycles. The van der Waals surface area contributed by atoms with Crippen LogP contribution in [-0.2, 0) is 4.74 Å². The van der Waals surface area contributed by atoms with Gasteiger partial charge in [0.25, 0.3) is 0 Å². The third kappa shape index (κ3) is 1.57. The maximum Gasteiger partial charge on any atom is 0.0929 e. The summed E-state index contributed by atoms with van der Waals surface area (Å²) in [7, 11) is 0. The van der Waals surface area contributed by atoms with Crippen LogP contribution in [0.1, 0.15) is 47.0 Å². The largest absolute Gasteiger partial charge is 0.360 e. The molecule has 1 aliphatic heterocycles. The topological polar surface area (TPSA) is 9.23 Å². The number of hydrogen-bond acceptors (Lipinski definition) is 1. The second-order valence-electron chi connectivity index (χ2n) is 5.90. The number of hydrogen-bond donors (Lipinski definition) is 0. The van der Waals surface area contributed by atoms with Gasteiger partial charge in [-0.1, -0.05) is 26.0 Å². The first-order valence-electron chi connectivity index (χ1n) is 6.44. The lowest BCUT2D eigenvalue weighted by atomic mass is 9.69.